The van der Waals surface area contributed by atoms with E-state index in [1.165, 1.54) is 12.8 Å². The van der Waals surface area contributed by atoms with Crippen LogP contribution in [0.3, 0.4) is 0 Å². The molecule has 1 atom stereocenters. The maximum Gasteiger partial charge on any atom is 0.306 e. The van der Waals surface area contributed by atoms with Crippen molar-refractivity contribution in [3.63, 3.8) is 0 Å². The maximum atomic E-state index is 11.1. The normalized spacial score (nSPS) is 23.4. The molecule has 2 heterocycles. The molecule has 5 nitrogen and oxygen atoms in total. The van der Waals surface area contributed by atoms with E-state index in [9.17, 15) is 4.79 Å². The monoisotopic (exact) mass is 275 g/mol. The quantitative estimate of drug-likeness (QED) is 0.893. The van der Waals surface area contributed by atoms with Crippen LogP contribution in [0.5, 0.6) is 0 Å². The van der Waals surface area contributed by atoms with Crippen LogP contribution in [0.1, 0.15) is 37.4 Å². The van der Waals surface area contributed by atoms with Crippen molar-refractivity contribution in [3.05, 3.63) is 17.5 Å². The average molecular weight is 275 g/mol. The van der Waals surface area contributed by atoms with Crippen molar-refractivity contribution in [2.24, 2.45) is 11.8 Å². The topological polar surface area (TPSA) is 66.3 Å². The maximum absolute atomic E-state index is 11.1. The molecule has 0 amide bonds. The van der Waals surface area contributed by atoms with E-state index < -0.39 is 5.97 Å². The highest BCUT2D eigenvalue weighted by Crippen LogP contribution is 2.26. The van der Waals surface area contributed by atoms with Crippen LogP contribution >= 0.6 is 0 Å². The molecular weight excluding hydrogens is 254 g/mol. The molecule has 1 aliphatic heterocycles. The third kappa shape index (κ3) is 2.62. The molecule has 3 rings (SSSR count). The second-order valence-corrected chi connectivity index (χ2v) is 6.09. The summed E-state index contributed by atoms with van der Waals surface area (Å²) in [6.45, 7) is 4.28. The van der Waals surface area contributed by atoms with Gasteiger partial charge in [0.2, 0.25) is 5.95 Å². The minimum absolute atomic E-state index is 0.286. The number of anilines is 1. The zero-order valence-corrected chi connectivity index (χ0v) is 11.9. The molecule has 108 valence electrons. The summed E-state index contributed by atoms with van der Waals surface area (Å²) >= 11 is 0. The second-order valence-electron chi connectivity index (χ2n) is 6.09. The second kappa shape index (κ2) is 5.38. The first-order chi connectivity index (χ1) is 9.63. The Morgan fingerprint density at radius 2 is 2.10 bits per heavy atom. The smallest absolute Gasteiger partial charge is 0.306 e. The van der Waals surface area contributed by atoms with Gasteiger partial charge in [0.1, 0.15) is 0 Å². The van der Waals surface area contributed by atoms with Gasteiger partial charge in [0.15, 0.2) is 0 Å². The number of hydrogen-bond acceptors (Lipinski definition) is 4. The van der Waals surface area contributed by atoms with Gasteiger partial charge < -0.3 is 10.0 Å². The first-order valence-electron chi connectivity index (χ1n) is 7.46. The van der Waals surface area contributed by atoms with Crippen molar-refractivity contribution in [3.8, 4) is 0 Å². The fourth-order valence-corrected chi connectivity index (χ4v) is 3.05. The molecule has 1 aliphatic carbocycles. The number of hydrogen-bond donors (Lipinski definition) is 1. The van der Waals surface area contributed by atoms with Crippen LogP contribution in [-0.2, 0) is 17.6 Å². The van der Waals surface area contributed by atoms with Gasteiger partial charge >= 0.3 is 5.97 Å². The van der Waals surface area contributed by atoms with Crippen molar-refractivity contribution >= 4 is 11.9 Å². The van der Waals surface area contributed by atoms with E-state index in [1.54, 1.807) is 0 Å². The summed E-state index contributed by atoms with van der Waals surface area (Å²) in [6, 6.07) is 0. The number of carboxylic acids is 1. The van der Waals surface area contributed by atoms with E-state index in [-0.39, 0.29) is 5.92 Å². The number of aliphatic carboxylic acids is 1. The number of carbonyl (C=O) groups is 1. The molecule has 1 unspecified atom stereocenters. The first kappa shape index (κ1) is 13.3. The summed E-state index contributed by atoms with van der Waals surface area (Å²) in [5, 5.41) is 9.16. The van der Waals surface area contributed by atoms with E-state index >= 15 is 0 Å². The molecule has 0 aromatic carbocycles. The standard InChI is InChI=1S/C15H21N3O2/c1-10-4-6-18(7-5-10)15-16-9-12-3-2-11(14(19)20)8-13(12)17-15/h9-11H,2-8H2,1H3,(H,19,20). The lowest BCUT2D eigenvalue weighted by Gasteiger charge is -2.31. The van der Waals surface area contributed by atoms with Gasteiger partial charge in [0.25, 0.3) is 0 Å². The van der Waals surface area contributed by atoms with Gasteiger partial charge in [0.05, 0.1) is 5.92 Å². The average Bonchev–Trinajstić information content (AvgIpc) is 2.47. The number of fused-ring (bicyclic) bond motifs is 1. The van der Waals surface area contributed by atoms with E-state index in [2.05, 4.69) is 21.8 Å². The summed E-state index contributed by atoms with van der Waals surface area (Å²) in [5.41, 5.74) is 2.06. The lowest BCUT2D eigenvalue weighted by Crippen LogP contribution is -2.34. The van der Waals surface area contributed by atoms with Gasteiger partial charge in [-0.25, -0.2) is 9.97 Å². The number of carboxylic acid groups (broad SMARTS) is 1. The van der Waals surface area contributed by atoms with E-state index in [4.69, 9.17) is 5.11 Å². The van der Waals surface area contributed by atoms with Gasteiger partial charge in [-0.05, 0) is 37.2 Å². The third-order valence-electron chi connectivity index (χ3n) is 4.56. The van der Waals surface area contributed by atoms with Crippen molar-refractivity contribution in [1.29, 1.82) is 0 Å². The predicted octanol–water partition coefficient (Wildman–Crippen LogP) is 1.90. The molecule has 1 saturated heterocycles. The van der Waals surface area contributed by atoms with Crippen LogP contribution in [0.15, 0.2) is 6.20 Å². The molecule has 1 N–H and O–H groups in total. The van der Waals surface area contributed by atoms with Gasteiger partial charge in [-0.3, -0.25) is 4.79 Å². The molecule has 5 heteroatoms. The van der Waals surface area contributed by atoms with Crippen LogP contribution < -0.4 is 4.90 Å². The SMILES string of the molecule is CC1CCN(c2ncc3c(n2)CC(C(=O)O)CC3)CC1. The van der Waals surface area contributed by atoms with Crippen LogP contribution in [-0.4, -0.2) is 34.1 Å². The first-order valence-corrected chi connectivity index (χ1v) is 7.46. The van der Waals surface area contributed by atoms with Crippen molar-refractivity contribution in [2.75, 3.05) is 18.0 Å². The third-order valence-corrected chi connectivity index (χ3v) is 4.56. The molecular formula is C15H21N3O2. The Labute approximate surface area is 119 Å². The summed E-state index contributed by atoms with van der Waals surface area (Å²) < 4.78 is 0. The van der Waals surface area contributed by atoms with Crippen molar-refractivity contribution < 1.29 is 9.90 Å². The molecule has 1 aromatic rings. The molecule has 0 radical (unpaired) electrons. The summed E-state index contributed by atoms with van der Waals surface area (Å²) in [4.78, 5) is 22.5. The Bertz CT molecular complexity index is 510. The minimum Gasteiger partial charge on any atom is -0.481 e. The zero-order chi connectivity index (χ0) is 14.1. The Kier molecular flexibility index (Phi) is 3.59. The molecule has 0 bridgehead atoms. The number of piperidine rings is 1. The highest BCUT2D eigenvalue weighted by atomic mass is 16.4. The fourth-order valence-electron chi connectivity index (χ4n) is 3.05. The van der Waals surface area contributed by atoms with Crippen LogP contribution in [0.4, 0.5) is 5.95 Å². The molecule has 2 aliphatic rings. The van der Waals surface area contributed by atoms with E-state index in [0.29, 0.717) is 12.8 Å². The van der Waals surface area contributed by atoms with Crippen LogP contribution in [0, 0.1) is 11.8 Å². The molecule has 1 aromatic heterocycles. The number of aromatic nitrogens is 2. The van der Waals surface area contributed by atoms with Gasteiger partial charge in [-0.2, -0.15) is 0 Å². The summed E-state index contributed by atoms with van der Waals surface area (Å²) in [7, 11) is 0. The number of aryl methyl sites for hydroxylation is 1. The minimum atomic E-state index is -0.706. The molecule has 20 heavy (non-hydrogen) atoms. The number of nitrogens with zero attached hydrogens (tertiary/aromatic N) is 3. The Balaban J connectivity index is 1.78. The summed E-state index contributed by atoms with van der Waals surface area (Å²) in [6.07, 6.45) is 6.28. The molecule has 1 fully saturated rings. The highest BCUT2D eigenvalue weighted by Gasteiger charge is 2.27. The Morgan fingerprint density at radius 1 is 1.35 bits per heavy atom. The Hall–Kier alpha value is -1.65. The lowest BCUT2D eigenvalue weighted by atomic mass is 9.88. The van der Waals surface area contributed by atoms with Crippen molar-refractivity contribution in [2.45, 2.75) is 39.0 Å². The lowest BCUT2D eigenvalue weighted by molar-refractivity contribution is -0.142. The predicted molar refractivity (Wildman–Crippen MR) is 75.8 cm³/mol. The van der Waals surface area contributed by atoms with Gasteiger partial charge in [-0.1, -0.05) is 6.92 Å². The summed E-state index contributed by atoms with van der Waals surface area (Å²) in [5.74, 6) is 0.566. The highest BCUT2D eigenvalue weighted by molar-refractivity contribution is 5.70. The van der Waals surface area contributed by atoms with Gasteiger partial charge in [-0.15, -0.1) is 0 Å². The van der Waals surface area contributed by atoms with E-state index in [0.717, 1.165) is 42.6 Å². The zero-order valence-electron chi connectivity index (χ0n) is 11.9. The van der Waals surface area contributed by atoms with Crippen LogP contribution in [0.25, 0.3) is 0 Å². The van der Waals surface area contributed by atoms with Crippen molar-refractivity contribution in [1.82, 2.24) is 9.97 Å². The fraction of sp³-hybridized carbons (Fsp3) is 0.667. The van der Waals surface area contributed by atoms with Gasteiger partial charge in [0, 0.05) is 31.4 Å². The Morgan fingerprint density at radius 3 is 2.80 bits per heavy atom. The molecule has 0 saturated carbocycles. The molecule has 0 spiro atoms. The van der Waals surface area contributed by atoms with Crippen LogP contribution in [0.2, 0.25) is 0 Å². The number of rotatable bonds is 2. The largest absolute Gasteiger partial charge is 0.481 e. The van der Waals surface area contributed by atoms with E-state index in [1.807, 2.05) is 6.20 Å².